The minimum absolute atomic E-state index is 0.119. The molecule has 0 N–H and O–H groups in total. The first-order valence-corrected chi connectivity index (χ1v) is 10.3. The predicted molar refractivity (Wildman–Crippen MR) is 132 cm³/mol. The summed E-state index contributed by atoms with van der Waals surface area (Å²) in [5, 5.41) is 4.68. The quantitative estimate of drug-likeness (QED) is 0.209. The van der Waals surface area contributed by atoms with Gasteiger partial charge in [0.2, 0.25) is 5.69 Å². The lowest BCUT2D eigenvalue weighted by Crippen LogP contribution is -2.31. The van der Waals surface area contributed by atoms with Gasteiger partial charge in [0.25, 0.3) is 0 Å². The number of rotatable bonds is 1. The largest absolute Gasteiger partial charge is 0.455 e. The third-order valence-corrected chi connectivity index (χ3v) is 6.21. The van der Waals surface area contributed by atoms with Crippen LogP contribution in [0.2, 0.25) is 0 Å². The van der Waals surface area contributed by atoms with E-state index in [9.17, 15) is 0 Å². The molecular formula is C29H25N2O+. The maximum Gasteiger partial charge on any atom is 0.218 e. The molecule has 3 aromatic carbocycles. The maximum atomic E-state index is 8.32. The second-order valence-electron chi connectivity index (χ2n) is 8.14. The molecule has 3 heterocycles. The number of nitrogens with zero attached hydrogens (tertiary/aromatic N) is 2. The van der Waals surface area contributed by atoms with E-state index in [4.69, 9.17) is 16.8 Å². The molecule has 3 heteroatoms. The van der Waals surface area contributed by atoms with E-state index >= 15 is 0 Å². The summed E-state index contributed by atoms with van der Waals surface area (Å²) < 4.78 is 80.8. The number of hydrogen-bond donors (Lipinski definition) is 0. The summed E-state index contributed by atoms with van der Waals surface area (Å²) >= 11 is 0. The zero-order chi connectivity index (χ0) is 29.6. The highest BCUT2D eigenvalue weighted by Crippen LogP contribution is 2.42. The van der Waals surface area contributed by atoms with Crippen molar-refractivity contribution in [1.82, 2.24) is 4.98 Å². The average Bonchev–Trinajstić information content (AvgIpc) is 3.26. The van der Waals surface area contributed by atoms with Crippen molar-refractivity contribution in [3.63, 3.8) is 0 Å². The van der Waals surface area contributed by atoms with Crippen molar-refractivity contribution < 1.29 is 21.3 Å². The van der Waals surface area contributed by atoms with Crippen LogP contribution in [-0.2, 0) is 7.05 Å². The van der Waals surface area contributed by atoms with Crippen molar-refractivity contribution in [2.45, 2.75) is 27.5 Å². The van der Waals surface area contributed by atoms with Gasteiger partial charge >= 0.3 is 0 Å². The summed E-state index contributed by atoms with van der Waals surface area (Å²) in [6.45, 7) is -6.31. The molecule has 0 bridgehead atoms. The van der Waals surface area contributed by atoms with Crippen LogP contribution in [0.4, 0.5) is 0 Å². The van der Waals surface area contributed by atoms with E-state index in [0.29, 0.717) is 33.3 Å². The Morgan fingerprint density at radius 2 is 1.69 bits per heavy atom. The van der Waals surface area contributed by atoms with Gasteiger partial charge in [-0.1, -0.05) is 42.5 Å². The molecule has 3 nitrogen and oxygen atoms in total. The third kappa shape index (κ3) is 2.54. The highest BCUT2D eigenvalue weighted by Gasteiger charge is 2.25. The van der Waals surface area contributed by atoms with Gasteiger partial charge < -0.3 is 4.42 Å². The molecule has 156 valence electrons. The molecule has 0 aliphatic heterocycles. The number of hydrogen-bond acceptors (Lipinski definition) is 2. The first kappa shape index (κ1) is 11.8. The predicted octanol–water partition coefficient (Wildman–Crippen LogP) is 7.01. The first-order valence-electron chi connectivity index (χ1n) is 14.8. The average molecular weight is 427 g/mol. The van der Waals surface area contributed by atoms with Gasteiger partial charge in [-0.15, -0.1) is 0 Å². The molecule has 6 rings (SSSR count). The van der Waals surface area contributed by atoms with Crippen LogP contribution in [0.5, 0.6) is 0 Å². The highest BCUT2D eigenvalue weighted by molar-refractivity contribution is 6.25. The van der Waals surface area contributed by atoms with Crippen LogP contribution in [0, 0.1) is 27.5 Å². The van der Waals surface area contributed by atoms with Gasteiger partial charge in [-0.2, -0.15) is 0 Å². The molecule has 0 aliphatic rings. The number of fused-ring (bicyclic) bond motifs is 7. The summed E-state index contributed by atoms with van der Waals surface area (Å²) in [4.78, 5) is 4.56. The van der Waals surface area contributed by atoms with Crippen molar-refractivity contribution in [3.05, 3.63) is 83.3 Å². The SMILES string of the molecule is [2H]C([2H])([2H])c1cc(-c2c(C)nc(C([2H])([2H])[2H])c3c2oc2ccc4c5ccccc5ccc4c23)[n+](C)cc1C([2H])([2H])[2H]. The molecule has 3 aromatic heterocycles. The molecule has 0 radical (unpaired) electrons. The van der Waals surface area contributed by atoms with Crippen LogP contribution in [0.3, 0.4) is 0 Å². The van der Waals surface area contributed by atoms with Gasteiger partial charge in [0.05, 0.1) is 11.1 Å². The van der Waals surface area contributed by atoms with Crippen molar-refractivity contribution >= 4 is 43.5 Å². The van der Waals surface area contributed by atoms with Crippen molar-refractivity contribution in [2.24, 2.45) is 7.05 Å². The topological polar surface area (TPSA) is 29.9 Å². The second-order valence-corrected chi connectivity index (χ2v) is 8.14. The molecule has 6 aromatic rings. The fraction of sp³-hybridized carbons (Fsp3) is 0.172. The van der Waals surface area contributed by atoms with Crippen LogP contribution >= 0.6 is 0 Å². The Morgan fingerprint density at radius 3 is 2.53 bits per heavy atom. The summed E-state index contributed by atoms with van der Waals surface area (Å²) in [6.07, 6.45) is 1.29. The molecule has 0 fully saturated rings. The van der Waals surface area contributed by atoms with E-state index in [0.717, 1.165) is 21.5 Å². The van der Waals surface area contributed by atoms with Gasteiger partial charge in [-0.25, -0.2) is 4.57 Å². The lowest BCUT2D eigenvalue weighted by molar-refractivity contribution is -0.660. The van der Waals surface area contributed by atoms with Crippen LogP contribution < -0.4 is 4.57 Å². The molecule has 0 saturated carbocycles. The van der Waals surface area contributed by atoms with E-state index in [1.54, 1.807) is 20.0 Å². The van der Waals surface area contributed by atoms with E-state index in [-0.39, 0.29) is 22.4 Å². The van der Waals surface area contributed by atoms with Crippen molar-refractivity contribution in [3.8, 4) is 11.3 Å². The van der Waals surface area contributed by atoms with Gasteiger partial charge in [-0.3, -0.25) is 4.98 Å². The zero-order valence-electron chi connectivity index (χ0n) is 26.6. The third-order valence-electron chi connectivity index (χ3n) is 6.21. The lowest BCUT2D eigenvalue weighted by atomic mass is 9.96. The van der Waals surface area contributed by atoms with E-state index < -0.39 is 20.6 Å². The molecular weight excluding hydrogens is 392 g/mol. The molecule has 0 spiro atoms. The Kier molecular flexibility index (Phi) is 2.44. The number of pyridine rings is 2. The lowest BCUT2D eigenvalue weighted by Gasteiger charge is -2.09. The summed E-state index contributed by atoms with van der Waals surface area (Å²) in [7, 11) is 1.61. The van der Waals surface area contributed by atoms with Crippen molar-refractivity contribution in [2.75, 3.05) is 0 Å². The highest BCUT2D eigenvalue weighted by atomic mass is 16.3. The van der Waals surface area contributed by atoms with Crippen LogP contribution in [0.15, 0.2) is 65.2 Å². The Morgan fingerprint density at radius 1 is 0.844 bits per heavy atom. The number of aryl methyl sites for hydroxylation is 5. The van der Waals surface area contributed by atoms with Crippen LogP contribution in [-0.4, -0.2) is 4.98 Å². The smallest absolute Gasteiger partial charge is 0.218 e. The van der Waals surface area contributed by atoms with Gasteiger partial charge in [-0.05, 0) is 60.7 Å². The number of furan rings is 1. The second kappa shape index (κ2) is 6.64. The summed E-state index contributed by atoms with van der Waals surface area (Å²) in [5.74, 6) is 0. The fourth-order valence-corrected chi connectivity index (χ4v) is 4.73. The monoisotopic (exact) mass is 426 g/mol. The normalized spacial score (nSPS) is 17.2. The van der Waals surface area contributed by atoms with Crippen LogP contribution in [0.1, 0.15) is 34.9 Å². The van der Waals surface area contributed by atoms with Gasteiger partial charge in [0, 0.05) is 35.0 Å². The molecule has 0 saturated heterocycles. The minimum atomic E-state index is -2.71. The maximum absolute atomic E-state index is 8.32. The summed E-state index contributed by atoms with van der Waals surface area (Å²) in [6, 6.07) is 16.9. The van der Waals surface area contributed by atoms with E-state index in [1.165, 1.54) is 16.8 Å². The van der Waals surface area contributed by atoms with Crippen LogP contribution in [0.25, 0.3) is 54.7 Å². The summed E-state index contributed by atoms with van der Waals surface area (Å²) in [5.41, 5.74) is 1.02. The standard InChI is InChI=1S/C29H25N2O/c1-16-14-24(31(5)15-17(16)2)26-18(3)30-19(4)27-28-23-11-10-20-8-6-7-9-21(20)22(23)12-13-25(28)32-29(26)27/h6-15H,1-5H3/q+1/i1D3,2D3,4D3. The number of aromatic nitrogens is 2. The number of benzene rings is 3. The molecule has 0 unspecified atom stereocenters. The van der Waals surface area contributed by atoms with E-state index in [2.05, 4.69) is 4.98 Å². The first-order chi connectivity index (χ1) is 19.1. The van der Waals surface area contributed by atoms with Gasteiger partial charge in [0.1, 0.15) is 18.2 Å². The molecule has 32 heavy (non-hydrogen) atoms. The Labute approximate surface area is 199 Å². The Bertz CT molecular complexity index is 2030. The zero-order valence-corrected chi connectivity index (χ0v) is 17.6. The molecule has 0 aliphatic carbocycles. The minimum Gasteiger partial charge on any atom is -0.455 e. The fourth-order valence-electron chi connectivity index (χ4n) is 4.73. The Balaban J connectivity index is 1.80. The Hall–Kier alpha value is -3.72. The van der Waals surface area contributed by atoms with E-state index in [1.807, 2.05) is 42.5 Å². The van der Waals surface area contributed by atoms with Crippen molar-refractivity contribution in [1.29, 1.82) is 0 Å². The molecule has 0 amide bonds. The molecule has 0 atom stereocenters. The van der Waals surface area contributed by atoms with Gasteiger partial charge in [0.15, 0.2) is 11.8 Å².